The van der Waals surface area contributed by atoms with Gasteiger partial charge >= 0.3 is 5.97 Å². The minimum atomic E-state index is -1.03. The maximum Gasteiger partial charge on any atom is 0.356 e. The van der Waals surface area contributed by atoms with Crippen molar-refractivity contribution in [1.82, 2.24) is 9.55 Å². The zero-order chi connectivity index (χ0) is 17.3. The van der Waals surface area contributed by atoms with Gasteiger partial charge in [0.1, 0.15) is 5.82 Å². The van der Waals surface area contributed by atoms with E-state index < -0.39 is 5.97 Å². The van der Waals surface area contributed by atoms with Crippen LogP contribution < -0.4 is 0 Å². The molecule has 0 spiro atoms. The maximum absolute atomic E-state index is 11.4. The summed E-state index contributed by atoms with van der Waals surface area (Å²) in [4.78, 5) is 15.8. The van der Waals surface area contributed by atoms with Gasteiger partial charge in [0.05, 0.1) is 0 Å². The summed E-state index contributed by atoms with van der Waals surface area (Å²) in [5, 5.41) is 9.36. The average Bonchev–Trinajstić information content (AvgIpc) is 3.01. The number of carboxylic acid groups (broad SMARTS) is 1. The molecule has 4 nitrogen and oxygen atoms in total. The summed E-state index contributed by atoms with van der Waals surface area (Å²) in [6.45, 7) is 4.23. The van der Waals surface area contributed by atoms with Crippen molar-refractivity contribution < 1.29 is 9.90 Å². The number of aromatic nitrogens is 2. The SMILES string of the molecule is CC(C)c1ccccc1-c1nc(C(=O)O)cn1-c1ccc(Br)cc1. The molecule has 24 heavy (non-hydrogen) atoms. The van der Waals surface area contributed by atoms with E-state index in [1.165, 1.54) is 0 Å². The lowest BCUT2D eigenvalue weighted by atomic mass is 9.97. The molecule has 0 bridgehead atoms. The molecule has 3 rings (SSSR count). The average molecular weight is 385 g/mol. The molecule has 122 valence electrons. The highest BCUT2D eigenvalue weighted by Gasteiger charge is 2.18. The molecular weight excluding hydrogens is 368 g/mol. The van der Waals surface area contributed by atoms with E-state index in [2.05, 4.69) is 40.8 Å². The highest BCUT2D eigenvalue weighted by Crippen LogP contribution is 2.30. The quantitative estimate of drug-likeness (QED) is 0.678. The molecule has 0 aliphatic rings. The smallest absolute Gasteiger partial charge is 0.356 e. The van der Waals surface area contributed by atoms with Crippen molar-refractivity contribution in [2.24, 2.45) is 0 Å². The Balaban J connectivity index is 2.24. The largest absolute Gasteiger partial charge is 0.476 e. The van der Waals surface area contributed by atoms with Crippen molar-refractivity contribution in [2.75, 3.05) is 0 Å². The fraction of sp³-hybridized carbons (Fsp3) is 0.158. The third kappa shape index (κ3) is 3.12. The molecule has 1 heterocycles. The van der Waals surface area contributed by atoms with E-state index in [1.807, 2.05) is 47.0 Å². The molecule has 0 fully saturated rings. The summed E-state index contributed by atoms with van der Waals surface area (Å²) < 4.78 is 2.80. The summed E-state index contributed by atoms with van der Waals surface area (Å²) in [6.07, 6.45) is 1.57. The van der Waals surface area contributed by atoms with E-state index in [-0.39, 0.29) is 5.69 Å². The van der Waals surface area contributed by atoms with Gasteiger partial charge in [-0.1, -0.05) is 54.0 Å². The monoisotopic (exact) mass is 384 g/mol. The zero-order valence-corrected chi connectivity index (χ0v) is 15.0. The summed E-state index contributed by atoms with van der Waals surface area (Å²) in [7, 11) is 0. The Kier molecular flexibility index (Phi) is 4.53. The number of imidazole rings is 1. The highest BCUT2D eigenvalue weighted by atomic mass is 79.9. The summed E-state index contributed by atoms with van der Waals surface area (Å²) in [6, 6.07) is 15.7. The third-order valence-electron chi connectivity index (χ3n) is 3.85. The molecule has 0 amide bonds. The first-order chi connectivity index (χ1) is 11.5. The van der Waals surface area contributed by atoms with Crippen molar-refractivity contribution in [3.63, 3.8) is 0 Å². The van der Waals surface area contributed by atoms with Crippen molar-refractivity contribution >= 4 is 21.9 Å². The van der Waals surface area contributed by atoms with Gasteiger partial charge in [0.2, 0.25) is 0 Å². The summed E-state index contributed by atoms with van der Waals surface area (Å²) in [5.41, 5.74) is 2.99. The molecule has 5 heteroatoms. The van der Waals surface area contributed by atoms with Crippen LogP contribution in [-0.4, -0.2) is 20.6 Å². The Morgan fingerprint density at radius 3 is 2.42 bits per heavy atom. The van der Waals surface area contributed by atoms with Gasteiger partial charge < -0.3 is 5.11 Å². The second-order valence-corrected chi connectivity index (χ2v) is 6.76. The van der Waals surface area contributed by atoms with E-state index in [4.69, 9.17) is 0 Å². The van der Waals surface area contributed by atoms with Crippen molar-refractivity contribution in [1.29, 1.82) is 0 Å². The number of hydrogen-bond donors (Lipinski definition) is 1. The molecule has 1 N–H and O–H groups in total. The lowest BCUT2D eigenvalue weighted by molar-refractivity contribution is 0.0691. The number of carboxylic acids is 1. The molecule has 2 aromatic carbocycles. The van der Waals surface area contributed by atoms with Gasteiger partial charge in [0.15, 0.2) is 5.69 Å². The fourth-order valence-corrected chi connectivity index (χ4v) is 2.94. The topological polar surface area (TPSA) is 55.1 Å². The molecule has 0 aliphatic heterocycles. The van der Waals surface area contributed by atoms with E-state index in [0.29, 0.717) is 11.7 Å². The van der Waals surface area contributed by atoms with Gasteiger partial charge in [-0.25, -0.2) is 9.78 Å². The predicted molar refractivity (Wildman–Crippen MR) is 97.7 cm³/mol. The minimum absolute atomic E-state index is 0.0338. The van der Waals surface area contributed by atoms with Crippen molar-refractivity contribution in [2.45, 2.75) is 19.8 Å². The Bertz CT molecular complexity index is 883. The number of halogens is 1. The van der Waals surface area contributed by atoms with Crippen LogP contribution in [0.15, 0.2) is 59.2 Å². The molecule has 0 unspecified atom stereocenters. The first kappa shape index (κ1) is 16.5. The van der Waals surface area contributed by atoms with E-state index in [9.17, 15) is 9.90 Å². The van der Waals surface area contributed by atoms with Crippen LogP contribution in [0.25, 0.3) is 17.1 Å². The van der Waals surface area contributed by atoms with Gasteiger partial charge in [-0.05, 0) is 35.7 Å². The first-order valence-electron chi connectivity index (χ1n) is 7.65. The standard InChI is InChI=1S/C19H17BrN2O2/c1-12(2)15-5-3-4-6-16(15)18-21-17(19(23)24)11-22(18)14-9-7-13(20)8-10-14/h3-12H,1-2H3,(H,23,24). The van der Waals surface area contributed by atoms with E-state index in [0.717, 1.165) is 21.3 Å². The Labute approximate surface area is 148 Å². The molecule has 1 aromatic heterocycles. The second kappa shape index (κ2) is 6.61. The zero-order valence-electron chi connectivity index (χ0n) is 13.4. The number of rotatable bonds is 4. The van der Waals surface area contributed by atoms with Crippen LogP contribution in [0.5, 0.6) is 0 Å². The van der Waals surface area contributed by atoms with Crippen LogP contribution in [0.3, 0.4) is 0 Å². The summed E-state index contributed by atoms with van der Waals surface area (Å²) in [5.74, 6) is -0.0855. The van der Waals surface area contributed by atoms with Crippen LogP contribution in [0.4, 0.5) is 0 Å². The van der Waals surface area contributed by atoms with E-state index in [1.54, 1.807) is 6.20 Å². The number of nitrogens with zero attached hydrogens (tertiary/aromatic N) is 2. The molecule has 0 aliphatic carbocycles. The Hall–Kier alpha value is -2.40. The Morgan fingerprint density at radius 2 is 1.79 bits per heavy atom. The normalized spacial score (nSPS) is 11.0. The van der Waals surface area contributed by atoms with Gasteiger partial charge in [-0.3, -0.25) is 4.57 Å². The highest BCUT2D eigenvalue weighted by molar-refractivity contribution is 9.10. The van der Waals surface area contributed by atoms with Crippen LogP contribution >= 0.6 is 15.9 Å². The van der Waals surface area contributed by atoms with Crippen LogP contribution in [0.1, 0.15) is 35.8 Å². The first-order valence-corrected chi connectivity index (χ1v) is 8.44. The number of carbonyl (C=O) groups is 1. The van der Waals surface area contributed by atoms with Gasteiger partial charge in [0.25, 0.3) is 0 Å². The van der Waals surface area contributed by atoms with Gasteiger partial charge in [-0.15, -0.1) is 0 Å². The summed E-state index contributed by atoms with van der Waals surface area (Å²) >= 11 is 3.42. The van der Waals surface area contributed by atoms with Gasteiger partial charge in [-0.2, -0.15) is 0 Å². The minimum Gasteiger partial charge on any atom is -0.476 e. The van der Waals surface area contributed by atoms with Crippen LogP contribution in [0, 0.1) is 0 Å². The second-order valence-electron chi connectivity index (χ2n) is 5.84. The van der Waals surface area contributed by atoms with Gasteiger partial charge in [0, 0.05) is 21.9 Å². The Morgan fingerprint density at radius 1 is 1.12 bits per heavy atom. The van der Waals surface area contributed by atoms with E-state index >= 15 is 0 Å². The lowest BCUT2D eigenvalue weighted by Gasteiger charge is -2.14. The third-order valence-corrected chi connectivity index (χ3v) is 4.38. The fourth-order valence-electron chi connectivity index (χ4n) is 2.68. The molecule has 0 radical (unpaired) electrons. The predicted octanol–water partition coefficient (Wildman–Crippen LogP) is 5.12. The number of hydrogen-bond acceptors (Lipinski definition) is 2. The number of benzene rings is 2. The molecule has 0 atom stereocenters. The lowest BCUT2D eigenvalue weighted by Crippen LogP contribution is -2.00. The molecule has 0 saturated heterocycles. The molecular formula is C19H17BrN2O2. The molecule has 0 saturated carbocycles. The van der Waals surface area contributed by atoms with Crippen LogP contribution in [0.2, 0.25) is 0 Å². The van der Waals surface area contributed by atoms with Crippen molar-refractivity contribution in [3.05, 3.63) is 70.5 Å². The van der Waals surface area contributed by atoms with Crippen molar-refractivity contribution in [3.8, 4) is 17.1 Å². The van der Waals surface area contributed by atoms with Crippen LogP contribution in [-0.2, 0) is 0 Å². The molecule has 3 aromatic rings. The number of aromatic carboxylic acids is 1. The maximum atomic E-state index is 11.4.